The third kappa shape index (κ3) is 4.90. The van der Waals surface area contributed by atoms with Crippen LogP contribution in [0, 0.1) is 0 Å². The van der Waals surface area contributed by atoms with Gasteiger partial charge in [0.15, 0.2) is 0 Å². The largest absolute Gasteiger partial charge is 0.348 e. The molecule has 4 N–H and O–H groups in total. The molecule has 0 aliphatic rings. The number of sulfonamides is 1. The fraction of sp³-hybridized carbons (Fsp3) is 0.125. The molecule has 0 saturated heterocycles. The van der Waals surface area contributed by atoms with Crippen LogP contribution < -0.4 is 15.8 Å². The van der Waals surface area contributed by atoms with Crippen molar-refractivity contribution in [3.63, 3.8) is 0 Å². The lowest BCUT2D eigenvalue weighted by atomic mass is 10.1. The third-order valence-corrected chi connectivity index (χ3v) is 4.08. The van der Waals surface area contributed by atoms with Crippen molar-refractivity contribution in [2.24, 2.45) is 5.14 Å². The Bertz CT molecular complexity index is 861. The van der Waals surface area contributed by atoms with E-state index >= 15 is 0 Å². The second-order valence-corrected chi connectivity index (χ2v) is 6.70. The zero-order chi connectivity index (χ0) is 17.7. The summed E-state index contributed by atoms with van der Waals surface area (Å²) >= 11 is 0. The minimum absolute atomic E-state index is 0.0144. The molecule has 24 heavy (non-hydrogen) atoms. The Kier molecular flexibility index (Phi) is 5.32. The first-order chi connectivity index (χ1) is 11.3. The maximum atomic E-state index is 12.1. The van der Waals surface area contributed by atoms with E-state index in [1.807, 2.05) is 0 Å². The standard InChI is InChI=1S/C16H17N3O4S/c1-11(20)19-14-4-2-3-13(9-14)16(21)18-10-12-5-7-15(8-6-12)24(17,22)23/h2-9H,10H2,1H3,(H,18,21)(H,19,20)(H2,17,22,23). The van der Waals surface area contributed by atoms with Crippen molar-refractivity contribution >= 4 is 27.5 Å². The van der Waals surface area contributed by atoms with Gasteiger partial charge in [0.05, 0.1) is 4.90 Å². The van der Waals surface area contributed by atoms with Crippen LogP contribution in [-0.4, -0.2) is 20.2 Å². The number of anilines is 1. The number of hydrogen-bond donors (Lipinski definition) is 3. The molecule has 2 aromatic rings. The van der Waals surface area contributed by atoms with E-state index in [1.165, 1.54) is 19.1 Å². The summed E-state index contributed by atoms with van der Waals surface area (Å²) in [6, 6.07) is 12.5. The number of nitrogens with two attached hydrogens (primary N) is 1. The highest BCUT2D eigenvalue weighted by atomic mass is 32.2. The van der Waals surface area contributed by atoms with E-state index in [9.17, 15) is 18.0 Å². The number of amides is 2. The number of rotatable bonds is 5. The van der Waals surface area contributed by atoms with Crippen molar-refractivity contribution < 1.29 is 18.0 Å². The van der Waals surface area contributed by atoms with E-state index < -0.39 is 10.0 Å². The predicted octanol–water partition coefficient (Wildman–Crippen LogP) is 1.22. The highest BCUT2D eigenvalue weighted by Crippen LogP contribution is 2.12. The molecule has 0 fully saturated rings. The molecule has 0 radical (unpaired) electrons. The molecule has 2 aromatic carbocycles. The Morgan fingerprint density at radius 1 is 1.08 bits per heavy atom. The van der Waals surface area contributed by atoms with Crippen molar-refractivity contribution in [1.82, 2.24) is 5.32 Å². The van der Waals surface area contributed by atoms with Crippen LogP contribution in [0.2, 0.25) is 0 Å². The molecule has 0 spiro atoms. The highest BCUT2D eigenvalue weighted by molar-refractivity contribution is 7.89. The lowest BCUT2D eigenvalue weighted by Crippen LogP contribution is -2.23. The molecule has 126 valence electrons. The van der Waals surface area contributed by atoms with Crippen LogP contribution in [-0.2, 0) is 21.4 Å². The van der Waals surface area contributed by atoms with Gasteiger partial charge >= 0.3 is 0 Å². The first-order valence-electron chi connectivity index (χ1n) is 7.03. The fourth-order valence-corrected chi connectivity index (χ4v) is 2.54. The smallest absolute Gasteiger partial charge is 0.251 e. The molecular weight excluding hydrogens is 330 g/mol. The maximum absolute atomic E-state index is 12.1. The molecule has 0 saturated carbocycles. The summed E-state index contributed by atoms with van der Waals surface area (Å²) in [5, 5.41) is 10.4. The van der Waals surface area contributed by atoms with Crippen molar-refractivity contribution in [1.29, 1.82) is 0 Å². The Balaban J connectivity index is 2.01. The predicted molar refractivity (Wildman–Crippen MR) is 89.7 cm³/mol. The lowest BCUT2D eigenvalue weighted by Gasteiger charge is -2.08. The van der Waals surface area contributed by atoms with Gasteiger partial charge < -0.3 is 10.6 Å². The van der Waals surface area contributed by atoms with Crippen LogP contribution in [0.4, 0.5) is 5.69 Å². The fourth-order valence-electron chi connectivity index (χ4n) is 2.02. The molecule has 0 atom stereocenters. The van der Waals surface area contributed by atoms with E-state index in [1.54, 1.807) is 36.4 Å². The Morgan fingerprint density at radius 2 is 1.75 bits per heavy atom. The second-order valence-electron chi connectivity index (χ2n) is 5.13. The molecule has 7 nitrogen and oxygen atoms in total. The number of nitrogens with one attached hydrogen (secondary N) is 2. The van der Waals surface area contributed by atoms with Crippen LogP contribution in [0.5, 0.6) is 0 Å². The van der Waals surface area contributed by atoms with Crippen molar-refractivity contribution in [2.45, 2.75) is 18.4 Å². The maximum Gasteiger partial charge on any atom is 0.251 e. The first-order valence-corrected chi connectivity index (χ1v) is 8.58. The zero-order valence-corrected chi connectivity index (χ0v) is 13.8. The van der Waals surface area contributed by atoms with Gasteiger partial charge in [-0.25, -0.2) is 13.6 Å². The van der Waals surface area contributed by atoms with Crippen molar-refractivity contribution in [3.8, 4) is 0 Å². The molecule has 2 amide bonds. The Morgan fingerprint density at radius 3 is 2.33 bits per heavy atom. The van der Waals surface area contributed by atoms with E-state index in [-0.39, 0.29) is 23.3 Å². The number of carbonyl (C=O) groups excluding carboxylic acids is 2. The molecule has 0 heterocycles. The summed E-state index contributed by atoms with van der Waals surface area (Å²) in [5.74, 6) is -0.528. The van der Waals surface area contributed by atoms with Crippen LogP contribution >= 0.6 is 0 Å². The van der Waals surface area contributed by atoms with Gasteiger partial charge in [-0.15, -0.1) is 0 Å². The summed E-state index contributed by atoms with van der Waals surface area (Å²) in [4.78, 5) is 23.2. The number of primary sulfonamides is 1. The summed E-state index contributed by atoms with van der Waals surface area (Å²) in [6.07, 6.45) is 0. The zero-order valence-electron chi connectivity index (χ0n) is 12.9. The van der Waals surface area contributed by atoms with E-state index in [2.05, 4.69) is 10.6 Å². The van der Waals surface area contributed by atoms with Crippen LogP contribution in [0.25, 0.3) is 0 Å². The molecule has 2 rings (SSSR count). The minimum atomic E-state index is -3.73. The van der Waals surface area contributed by atoms with Crippen LogP contribution in [0.3, 0.4) is 0 Å². The van der Waals surface area contributed by atoms with E-state index in [4.69, 9.17) is 5.14 Å². The van der Waals surface area contributed by atoms with E-state index in [0.717, 1.165) is 5.56 Å². The van der Waals surface area contributed by atoms with Crippen molar-refractivity contribution in [2.75, 3.05) is 5.32 Å². The van der Waals surface area contributed by atoms with Gasteiger partial charge in [0.25, 0.3) is 5.91 Å². The Hall–Kier alpha value is -2.71. The summed E-state index contributed by atoms with van der Waals surface area (Å²) in [7, 11) is -3.73. The van der Waals surface area contributed by atoms with Gasteiger partial charge in [-0.3, -0.25) is 9.59 Å². The van der Waals surface area contributed by atoms with Gasteiger partial charge in [0.1, 0.15) is 0 Å². The topological polar surface area (TPSA) is 118 Å². The molecular formula is C16H17N3O4S. The summed E-state index contributed by atoms with van der Waals surface area (Å²) in [6.45, 7) is 1.62. The SMILES string of the molecule is CC(=O)Nc1cccc(C(=O)NCc2ccc(S(N)(=O)=O)cc2)c1. The third-order valence-electron chi connectivity index (χ3n) is 3.15. The summed E-state index contributed by atoms with van der Waals surface area (Å²) < 4.78 is 22.4. The van der Waals surface area contributed by atoms with Gasteiger partial charge in [-0.2, -0.15) is 0 Å². The second kappa shape index (κ2) is 7.24. The first kappa shape index (κ1) is 17.6. The average Bonchev–Trinajstić information content (AvgIpc) is 2.52. The average molecular weight is 347 g/mol. The molecule has 0 aliphatic carbocycles. The summed E-state index contributed by atoms with van der Waals surface area (Å²) in [5.41, 5.74) is 1.67. The van der Waals surface area contributed by atoms with Gasteiger partial charge in [0.2, 0.25) is 15.9 Å². The number of hydrogen-bond acceptors (Lipinski definition) is 4. The van der Waals surface area contributed by atoms with Crippen LogP contribution in [0.1, 0.15) is 22.8 Å². The molecule has 0 aliphatic heterocycles. The highest BCUT2D eigenvalue weighted by Gasteiger charge is 2.09. The quantitative estimate of drug-likeness (QED) is 0.753. The van der Waals surface area contributed by atoms with E-state index in [0.29, 0.717) is 11.3 Å². The van der Waals surface area contributed by atoms with Gasteiger partial charge in [-0.05, 0) is 35.9 Å². The number of carbonyl (C=O) groups is 2. The Labute approximate surface area is 139 Å². The van der Waals surface area contributed by atoms with Crippen molar-refractivity contribution in [3.05, 3.63) is 59.7 Å². The van der Waals surface area contributed by atoms with Gasteiger partial charge in [-0.1, -0.05) is 18.2 Å². The normalized spacial score (nSPS) is 10.9. The molecule has 0 unspecified atom stereocenters. The lowest BCUT2D eigenvalue weighted by molar-refractivity contribution is -0.114. The van der Waals surface area contributed by atoms with Crippen LogP contribution in [0.15, 0.2) is 53.4 Å². The monoisotopic (exact) mass is 347 g/mol. The molecule has 0 bridgehead atoms. The van der Waals surface area contributed by atoms with Gasteiger partial charge in [0, 0.05) is 24.7 Å². The number of benzene rings is 2. The molecule has 8 heteroatoms. The molecule has 0 aromatic heterocycles. The minimum Gasteiger partial charge on any atom is -0.348 e.